The number of hydrogen-bond donors (Lipinski definition) is 0. The molecule has 4 nitrogen and oxygen atoms in total. The first kappa shape index (κ1) is 16.1. The van der Waals surface area contributed by atoms with Crippen LogP contribution in [0, 0.1) is 0 Å². The molecule has 21 heavy (non-hydrogen) atoms. The minimum Gasteiger partial charge on any atom is -0.490 e. The minimum atomic E-state index is -3.91. The number of alkyl halides is 1. The normalized spacial score (nSPS) is 12.2. The fourth-order valence-electron chi connectivity index (χ4n) is 2.23. The van der Waals surface area contributed by atoms with Gasteiger partial charge in [0, 0.05) is 23.4 Å². The maximum absolute atomic E-state index is 12.4. The van der Waals surface area contributed by atoms with E-state index in [1.807, 2.05) is 13.8 Å². The minimum absolute atomic E-state index is 0.00530. The van der Waals surface area contributed by atoms with Crippen LogP contribution < -0.4 is 4.74 Å². The zero-order chi connectivity index (χ0) is 15.6. The number of halogens is 2. The van der Waals surface area contributed by atoms with Crippen molar-refractivity contribution in [2.75, 3.05) is 6.67 Å². The molecule has 0 radical (unpaired) electrons. The Kier molecular flexibility index (Phi) is 4.78. The first-order valence-electron chi connectivity index (χ1n) is 6.63. The summed E-state index contributed by atoms with van der Waals surface area (Å²) in [5, 5.41) is 0.444. The van der Waals surface area contributed by atoms with Crippen molar-refractivity contribution in [1.29, 1.82) is 0 Å². The second-order valence-electron chi connectivity index (χ2n) is 4.98. The van der Waals surface area contributed by atoms with Crippen molar-refractivity contribution in [3.63, 3.8) is 0 Å². The molecule has 7 heteroatoms. The largest absolute Gasteiger partial charge is 0.490 e. The lowest BCUT2D eigenvalue weighted by atomic mass is 10.2. The van der Waals surface area contributed by atoms with Crippen molar-refractivity contribution in [1.82, 2.24) is 4.57 Å². The highest BCUT2D eigenvalue weighted by Gasteiger charge is 2.22. The van der Waals surface area contributed by atoms with Crippen molar-refractivity contribution in [3.8, 4) is 5.75 Å². The van der Waals surface area contributed by atoms with Gasteiger partial charge >= 0.3 is 0 Å². The van der Waals surface area contributed by atoms with Gasteiger partial charge in [-0.2, -0.15) is 0 Å². The first-order chi connectivity index (χ1) is 9.84. The van der Waals surface area contributed by atoms with Crippen LogP contribution in [0.1, 0.15) is 20.3 Å². The molecule has 116 valence electrons. The van der Waals surface area contributed by atoms with Crippen LogP contribution in [0.25, 0.3) is 10.9 Å². The van der Waals surface area contributed by atoms with Gasteiger partial charge in [0.25, 0.3) is 9.05 Å². The molecule has 2 rings (SSSR count). The second-order valence-corrected chi connectivity index (χ2v) is 7.52. The van der Waals surface area contributed by atoms with Crippen molar-refractivity contribution in [2.45, 2.75) is 37.8 Å². The van der Waals surface area contributed by atoms with Gasteiger partial charge in [0.2, 0.25) is 0 Å². The second kappa shape index (κ2) is 6.23. The molecule has 2 aromatic rings. The Morgan fingerprint density at radius 2 is 2.10 bits per heavy atom. The van der Waals surface area contributed by atoms with Gasteiger partial charge in [-0.15, -0.1) is 0 Å². The third-order valence-corrected chi connectivity index (χ3v) is 4.32. The van der Waals surface area contributed by atoms with Gasteiger partial charge in [-0.25, -0.2) is 8.42 Å². The Labute approximate surface area is 127 Å². The topological polar surface area (TPSA) is 48.3 Å². The fraction of sp³-hybridized carbons (Fsp3) is 0.429. The number of benzene rings is 1. The van der Waals surface area contributed by atoms with Crippen LogP contribution in [-0.4, -0.2) is 25.8 Å². The molecule has 0 fully saturated rings. The summed E-state index contributed by atoms with van der Waals surface area (Å²) in [6, 6.07) is 5.25. The van der Waals surface area contributed by atoms with Crippen LogP contribution in [0.15, 0.2) is 29.3 Å². The Balaban J connectivity index is 2.69. The summed E-state index contributed by atoms with van der Waals surface area (Å²) in [4.78, 5) is -0.00530. The van der Waals surface area contributed by atoms with E-state index in [2.05, 4.69) is 0 Å². The van der Waals surface area contributed by atoms with Gasteiger partial charge in [-0.1, -0.05) is 6.07 Å². The molecule has 0 aliphatic rings. The Morgan fingerprint density at radius 1 is 1.38 bits per heavy atom. The van der Waals surface area contributed by atoms with Crippen LogP contribution in [0.2, 0.25) is 0 Å². The van der Waals surface area contributed by atoms with E-state index >= 15 is 0 Å². The highest BCUT2D eigenvalue weighted by atomic mass is 35.7. The van der Waals surface area contributed by atoms with E-state index in [0.717, 1.165) is 0 Å². The quantitative estimate of drug-likeness (QED) is 0.757. The van der Waals surface area contributed by atoms with Crippen LogP contribution in [0.4, 0.5) is 4.39 Å². The third kappa shape index (κ3) is 3.49. The van der Waals surface area contributed by atoms with Crippen LogP contribution in [-0.2, 0) is 15.6 Å². The van der Waals surface area contributed by atoms with Crippen LogP contribution in [0.5, 0.6) is 5.75 Å². The maximum Gasteiger partial charge on any atom is 0.263 e. The first-order valence-corrected chi connectivity index (χ1v) is 8.94. The lowest BCUT2D eigenvalue weighted by Crippen LogP contribution is -2.06. The van der Waals surface area contributed by atoms with Gasteiger partial charge in [0.05, 0.1) is 23.7 Å². The van der Waals surface area contributed by atoms with E-state index in [0.29, 0.717) is 29.6 Å². The van der Waals surface area contributed by atoms with Crippen molar-refractivity contribution in [2.24, 2.45) is 0 Å². The Bertz CT molecular complexity index is 740. The lowest BCUT2D eigenvalue weighted by molar-refractivity contribution is 0.245. The molecule has 0 amide bonds. The molecule has 0 N–H and O–H groups in total. The van der Waals surface area contributed by atoms with Crippen LogP contribution in [0.3, 0.4) is 0 Å². The molecular formula is C14H17ClFNO3S. The van der Waals surface area contributed by atoms with E-state index in [4.69, 9.17) is 15.4 Å². The molecule has 0 aliphatic carbocycles. The highest BCUT2D eigenvalue weighted by molar-refractivity contribution is 8.14. The van der Waals surface area contributed by atoms with Crippen molar-refractivity contribution in [3.05, 3.63) is 24.4 Å². The smallest absolute Gasteiger partial charge is 0.263 e. The number of hydrogen-bond acceptors (Lipinski definition) is 3. The maximum atomic E-state index is 12.4. The van der Waals surface area contributed by atoms with E-state index < -0.39 is 15.7 Å². The summed E-state index contributed by atoms with van der Waals surface area (Å²) >= 11 is 0. The molecule has 1 aromatic carbocycles. The van der Waals surface area contributed by atoms with Gasteiger partial charge in [-0.05, 0) is 32.4 Å². The van der Waals surface area contributed by atoms with Crippen molar-refractivity contribution >= 4 is 30.6 Å². The summed E-state index contributed by atoms with van der Waals surface area (Å²) in [6.45, 7) is 3.62. The van der Waals surface area contributed by atoms with E-state index in [-0.39, 0.29) is 11.0 Å². The summed E-state index contributed by atoms with van der Waals surface area (Å²) in [7, 11) is 1.61. The van der Waals surface area contributed by atoms with Gasteiger partial charge < -0.3 is 9.30 Å². The van der Waals surface area contributed by atoms with E-state index in [1.54, 1.807) is 22.8 Å². The zero-order valence-electron chi connectivity index (χ0n) is 11.8. The van der Waals surface area contributed by atoms with Crippen LogP contribution >= 0.6 is 10.7 Å². The third-order valence-electron chi connectivity index (χ3n) is 2.99. The number of nitrogens with zero attached hydrogens (tertiary/aromatic N) is 1. The molecule has 1 heterocycles. The van der Waals surface area contributed by atoms with Crippen molar-refractivity contribution < 1.29 is 17.5 Å². The molecule has 1 aromatic heterocycles. The molecular weight excluding hydrogens is 317 g/mol. The number of fused-ring (bicyclic) bond motifs is 1. The average molecular weight is 334 g/mol. The fourth-order valence-corrected chi connectivity index (χ4v) is 3.29. The van der Waals surface area contributed by atoms with E-state index in [1.165, 1.54) is 6.20 Å². The van der Waals surface area contributed by atoms with E-state index in [9.17, 15) is 12.8 Å². The standard InChI is InChI=1S/C14H17ClFNO3S/c1-10(2)20-12-6-3-5-11-14(12)13(21(15,18)19)9-17(11)8-4-7-16/h3,5-6,9-10H,4,7-8H2,1-2H3. The summed E-state index contributed by atoms with van der Waals surface area (Å²) in [6.07, 6.45) is 1.65. The monoisotopic (exact) mass is 333 g/mol. The molecule has 0 spiro atoms. The number of ether oxygens (including phenoxy) is 1. The molecule has 0 saturated heterocycles. The predicted octanol–water partition coefficient (Wildman–Crippen LogP) is 3.72. The summed E-state index contributed by atoms with van der Waals surface area (Å²) in [5.41, 5.74) is 0.667. The lowest BCUT2D eigenvalue weighted by Gasteiger charge is -2.12. The SMILES string of the molecule is CC(C)Oc1cccc2c1c(S(=O)(=O)Cl)cn2CCCF. The molecule has 0 unspecified atom stereocenters. The van der Waals surface area contributed by atoms with Gasteiger partial charge in [0.15, 0.2) is 0 Å². The number of aryl methyl sites for hydroxylation is 1. The van der Waals surface area contributed by atoms with Gasteiger partial charge in [0.1, 0.15) is 10.6 Å². The summed E-state index contributed by atoms with van der Waals surface area (Å²) < 4.78 is 43.3. The number of aromatic nitrogens is 1. The van der Waals surface area contributed by atoms with Gasteiger partial charge in [-0.3, -0.25) is 4.39 Å². The molecule has 0 aliphatic heterocycles. The molecule has 0 bridgehead atoms. The predicted molar refractivity (Wildman–Crippen MR) is 81.3 cm³/mol. The zero-order valence-corrected chi connectivity index (χ0v) is 13.4. The molecule has 0 saturated carbocycles. The Hall–Kier alpha value is -1.27. The summed E-state index contributed by atoms with van der Waals surface area (Å²) in [5.74, 6) is 0.459. The highest BCUT2D eigenvalue weighted by Crippen LogP contribution is 2.35. The average Bonchev–Trinajstić information content (AvgIpc) is 2.75. The molecule has 0 atom stereocenters. The Morgan fingerprint density at radius 3 is 2.67 bits per heavy atom. The number of rotatable bonds is 6.